The van der Waals surface area contributed by atoms with Crippen molar-refractivity contribution in [1.29, 1.82) is 0 Å². The molecular weight excluding hydrogens is 517 g/mol. The van der Waals surface area contributed by atoms with Crippen molar-refractivity contribution < 1.29 is 13.6 Å². The molecule has 0 atom stereocenters. The van der Waals surface area contributed by atoms with Gasteiger partial charge in [0.15, 0.2) is 16.5 Å². The lowest BCUT2D eigenvalue weighted by Crippen LogP contribution is -2.33. The predicted molar refractivity (Wildman–Crippen MR) is 147 cm³/mol. The van der Waals surface area contributed by atoms with E-state index in [1.54, 1.807) is 48.5 Å². The van der Waals surface area contributed by atoms with E-state index in [0.29, 0.717) is 44.0 Å². The Morgan fingerprint density at radius 3 is 2.58 bits per heavy atom. The van der Waals surface area contributed by atoms with Crippen LogP contribution in [0, 0.1) is 0 Å². The monoisotopic (exact) mass is 535 g/mol. The highest BCUT2D eigenvalue weighted by Gasteiger charge is 2.16. The lowest BCUT2D eigenvalue weighted by molar-refractivity contribution is 0.0951. The quantitative estimate of drug-likeness (QED) is 0.224. The molecule has 0 saturated heterocycles. The molecule has 6 nitrogen and oxygen atoms in total. The summed E-state index contributed by atoms with van der Waals surface area (Å²) >= 11 is 17.6. The van der Waals surface area contributed by atoms with Gasteiger partial charge < -0.3 is 14.2 Å². The summed E-state index contributed by atoms with van der Waals surface area (Å²) < 4.78 is 11.6. The van der Waals surface area contributed by atoms with Gasteiger partial charge in [-0.2, -0.15) is 0 Å². The minimum atomic E-state index is -0.503. The van der Waals surface area contributed by atoms with Gasteiger partial charge in [-0.1, -0.05) is 48.3 Å². The number of halogens is 2. The number of aryl methyl sites for hydroxylation is 1. The molecule has 5 aromatic rings. The summed E-state index contributed by atoms with van der Waals surface area (Å²) in [6.07, 6.45) is 0.969. The fourth-order valence-corrected chi connectivity index (χ4v) is 4.24. The Morgan fingerprint density at radius 2 is 1.81 bits per heavy atom. The molecule has 0 aliphatic carbocycles. The molecule has 3 aromatic carbocycles. The largest absolute Gasteiger partial charge is 0.451 e. The highest BCUT2D eigenvalue weighted by atomic mass is 35.5. The van der Waals surface area contributed by atoms with Crippen LogP contribution in [0.5, 0.6) is 0 Å². The minimum Gasteiger partial charge on any atom is -0.451 e. The highest BCUT2D eigenvalue weighted by Crippen LogP contribution is 2.34. The second-order valence-corrected chi connectivity index (χ2v) is 9.12. The number of rotatable bonds is 5. The first-order valence-electron chi connectivity index (χ1n) is 11.1. The number of aromatic nitrogens is 1. The molecule has 0 spiro atoms. The molecule has 0 aliphatic heterocycles. The van der Waals surface area contributed by atoms with E-state index in [1.807, 2.05) is 12.1 Å². The topological polar surface area (TPSA) is 80.3 Å². The second-order valence-electron chi connectivity index (χ2n) is 7.93. The van der Waals surface area contributed by atoms with E-state index in [0.717, 1.165) is 12.0 Å². The van der Waals surface area contributed by atoms with Crippen molar-refractivity contribution in [3.05, 3.63) is 94.2 Å². The third-order valence-electron chi connectivity index (χ3n) is 5.53. The number of carbonyl (C=O) groups is 1. The van der Waals surface area contributed by atoms with Crippen molar-refractivity contribution in [2.24, 2.45) is 0 Å². The molecule has 0 bridgehead atoms. The van der Waals surface area contributed by atoms with Crippen LogP contribution >= 0.6 is 35.4 Å². The van der Waals surface area contributed by atoms with E-state index in [9.17, 15) is 4.79 Å². The van der Waals surface area contributed by atoms with Crippen molar-refractivity contribution in [3.63, 3.8) is 0 Å². The average molecular weight is 536 g/mol. The van der Waals surface area contributed by atoms with Crippen LogP contribution in [0.2, 0.25) is 10.0 Å². The zero-order valence-electron chi connectivity index (χ0n) is 19.0. The number of fused-ring (bicyclic) bond motifs is 1. The van der Waals surface area contributed by atoms with Gasteiger partial charge in [0.2, 0.25) is 5.89 Å². The second kappa shape index (κ2) is 10.1. The molecule has 0 radical (unpaired) electrons. The van der Waals surface area contributed by atoms with E-state index >= 15 is 0 Å². The number of anilines is 1. The normalized spacial score (nSPS) is 11.0. The molecular formula is C27H19Cl2N3O3S. The number of furan rings is 1. The molecule has 5 rings (SSSR count). The first kappa shape index (κ1) is 24.1. The van der Waals surface area contributed by atoms with Gasteiger partial charge in [-0.05, 0) is 78.8 Å². The molecule has 2 aromatic heterocycles. The number of hydrogen-bond donors (Lipinski definition) is 2. The summed E-state index contributed by atoms with van der Waals surface area (Å²) in [6.45, 7) is 2.11. The van der Waals surface area contributed by atoms with E-state index < -0.39 is 5.91 Å². The molecule has 1 amide bonds. The predicted octanol–water partition coefficient (Wildman–Crippen LogP) is 7.75. The van der Waals surface area contributed by atoms with E-state index in [-0.39, 0.29) is 10.9 Å². The Bertz CT molecular complexity index is 1590. The average Bonchev–Trinajstić information content (AvgIpc) is 3.53. The van der Waals surface area contributed by atoms with Crippen LogP contribution in [-0.2, 0) is 6.42 Å². The smallest absolute Gasteiger partial charge is 0.293 e. The Labute approximate surface area is 222 Å². The van der Waals surface area contributed by atoms with Gasteiger partial charge in [0.1, 0.15) is 11.3 Å². The summed E-state index contributed by atoms with van der Waals surface area (Å²) in [4.78, 5) is 17.2. The number of oxazole rings is 1. The summed E-state index contributed by atoms with van der Waals surface area (Å²) in [7, 11) is 0. The number of thiocarbonyl (C=S) groups is 1. The van der Waals surface area contributed by atoms with Crippen LogP contribution in [0.3, 0.4) is 0 Å². The molecule has 0 aliphatic rings. The zero-order valence-corrected chi connectivity index (χ0v) is 21.3. The molecule has 0 fully saturated rings. The van der Waals surface area contributed by atoms with E-state index in [2.05, 4.69) is 34.7 Å². The number of carbonyl (C=O) groups excluding carboxylic acids is 1. The molecule has 2 N–H and O–H groups in total. The van der Waals surface area contributed by atoms with Crippen molar-refractivity contribution in [2.75, 3.05) is 5.32 Å². The van der Waals surface area contributed by atoms with Crippen molar-refractivity contribution >= 4 is 63.2 Å². The van der Waals surface area contributed by atoms with Gasteiger partial charge in [-0.25, -0.2) is 4.98 Å². The van der Waals surface area contributed by atoms with Gasteiger partial charge in [0, 0.05) is 16.8 Å². The standard InChI is InChI=1S/C27H19Cl2N3O3S/c1-2-15-6-8-16(9-7-15)26-31-20-14-17(10-11-22(20)35-26)30-27(36)32-25(33)23-13-12-21(34-23)18-4-3-5-19(28)24(18)29/h3-14H,2H2,1H3,(H2,30,32,33,36). The molecule has 36 heavy (non-hydrogen) atoms. The number of hydrogen-bond acceptors (Lipinski definition) is 5. The van der Waals surface area contributed by atoms with Crippen LogP contribution in [0.1, 0.15) is 23.0 Å². The fourth-order valence-electron chi connectivity index (χ4n) is 3.64. The first-order valence-corrected chi connectivity index (χ1v) is 12.2. The van der Waals surface area contributed by atoms with Crippen molar-refractivity contribution in [3.8, 4) is 22.8 Å². The zero-order chi connectivity index (χ0) is 25.2. The molecule has 180 valence electrons. The van der Waals surface area contributed by atoms with Crippen LogP contribution < -0.4 is 10.6 Å². The number of amides is 1. The summed E-state index contributed by atoms with van der Waals surface area (Å²) in [6, 6.07) is 21.9. The minimum absolute atomic E-state index is 0.0795. The Balaban J connectivity index is 1.26. The lowest BCUT2D eigenvalue weighted by Gasteiger charge is -2.08. The lowest BCUT2D eigenvalue weighted by atomic mass is 10.1. The number of nitrogens with zero attached hydrogens (tertiary/aromatic N) is 1. The maximum Gasteiger partial charge on any atom is 0.293 e. The van der Waals surface area contributed by atoms with Crippen LogP contribution in [0.4, 0.5) is 5.69 Å². The van der Waals surface area contributed by atoms with Crippen LogP contribution in [0.25, 0.3) is 33.9 Å². The third kappa shape index (κ3) is 4.99. The Morgan fingerprint density at radius 1 is 1.00 bits per heavy atom. The van der Waals surface area contributed by atoms with Crippen molar-refractivity contribution in [2.45, 2.75) is 13.3 Å². The van der Waals surface area contributed by atoms with Gasteiger partial charge in [0.05, 0.1) is 10.0 Å². The van der Waals surface area contributed by atoms with Gasteiger partial charge in [-0.15, -0.1) is 0 Å². The number of nitrogens with one attached hydrogen (secondary N) is 2. The summed E-state index contributed by atoms with van der Waals surface area (Å²) in [5, 5.41) is 6.45. The molecule has 0 saturated carbocycles. The number of benzene rings is 3. The van der Waals surface area contributed by atoms with Crippen molar-refractivity contribution in [1.82, 2.24) is 10.3 Å². The summed E-state index contributed by atoms with van der Waals surface area (Å²) in [5.41, 5.74) is 4.70. The van der Waals surface area contributed by atoms with Crippen LogP contribution in [-0.4, -0.2) is 16.0 Å². The van der Waals surface area contributed by atoms with Gasteiger partial charge >= 0.3 is 0 Å². The van der Waals surface area contributed by atoms with Crippen LogP contribution in [0.15, 0.2) is 81.6 Å². The van der Waals surface area contributed by atoms with E-state index in [1.165, 1.54) is 5.56 Å². The SMILES string of the molecule is CCc1ccc(-c2nc3cc(NC(=S)NC(=O)c4ccc(-c5cccc(Cl)c5Cl)o4)ccc3o2)cc1. The maximum absolute atomic E-state index is 12.6. The Kier molecular flexibility index (Phi) is 6.78. The fraction of sp³-hybridized carbons (Fsp3) is 0.0741. The van der Waals surface area contributed by atoms with Gasteiger partial charge in [-0.3, -0.25) is 10.1 Å². The van der Waals surface area contributed by atoms with E-state index in [4.69, 9.17) is 44.3 Å². The summed E-state index contributed by atoms with van der Waals surface area (Å²) in [5.74, 6) is 0.533. The highest BCUT2D eigenvalue weighted by molar-refractivity contribution is 7.80. The molecule has 0 unspecified atom stereocenters. The maximum atomic E-state index is 12.6. The molecule has 9 heteroatoms. The molecule has 2 heterocycles. The Hall–Kier alpha value is -3.65. The third-order valence-corrected chi connectivity index (χ3v) is 6.55. The first-order chi connectivity index (χ1) is 17.4. The van der Waals surface area contributed by atoms with Gasteiger partial charge in [0.25, 0.3) is 5.91 Å².